The van der Waals surface area contributed by atoms with Crippen molar-refractivity contribution in [3.05, 3.63) is 49.1 Å². The molecular weight excluding hydrogens is 311 g/mol. The summed E-state index contributed by atoms with van der Waals surface area (Å²) in [6.07, 6.45) is 10.7. The summed E-state index contributed by atoms with van der Waals surface area (Å²) in [4.78, 5) is 0. The average Bonchev–Trinajstić information content (AvgIpc) is 2.38. The molecule has 116 valence electrons. The molecule has 6 heteroatoms. The van der Waals surface area contributed by atoms with Crippen LogP contribution in [-0.2, 0) is 13.1 Å². The van der Waals surface area contributed by atoms with E-state index in [9.17, 15) is 10.2 Å². The number of nitrogens with zero attached hydrogens (tertiary/aromatic N) is 2. The predicted molar refractivity (Wildman–Crippen MR) is 70.5 cm³/mol. The fourth-order valence-corrected chi connectivity index (χ4v) is 2.06. The summed E-state index contributed by atoms with van der Waals surface area (Å²) in [5.74, 6) is 0.607. The van der Waals surface area contributed by atoms with Crippen LogP contribution in [0.15, 0.2) is 49.1 Å². The SMILES string of the molecule is Oc1ccc[n+](CCCCC[n+]2cccc(O)c2)c1.[Cl-].[Cl-]. The lowest BCUT2D eigenvalue weighted by Crippen LogP contribution is -3.00. The molecule has 2 N–H and O–H groups in total. The molecule has 0 saturated heterocycles. The van der Waals surface area contributed by atoms with E-state index < -0.39 is 0 Å². The van der Waals surface area contributed by atoms with Gasteiger partial charge in [-0.3, -0.25) is 0 Å². The Morgan fingerprint density at radius 2 is 1.14 bits per heavy atom. The van der Waals surface area contributed by atoms with E-state index in [4.69, 9.17) is 0 Å². The van der Waals surface area contributed by atoms with Crippen molar-refractivity contribution >= 4 is 0 Å². The third-order valence-corrected chi connectivity index (χ3v) is 3.02. The molecule has 0 radical (unpaired) electrons. The molecule has 2 rings (SSSR count). The highest BCUT2D eigenvalue weighted by molar-refractivity contribution is 5.09. The lowest BCUT2D eigenvalue weighted by molar-refractivity contribution is -0.701. The van der Waals surface area contributed by atoms with Gasteiger partial charge in [0.1, 0.15) is 13.1 Å². The van der Waals surface area contributed by atoms with E-state index in [0.29, 0.717) is 11.5 Å². The van der Waals surface area contributed by atoms with Crippen LogP contribution >= 0.6 is 0 Å². The van der Waals surface area contributed by atoms with Crippen LogP contribution in [-0.4, -0.2) is 10.2 Å². The molecule has 0 atom stereocenters. The average molecular weight is 331 g/mol. The fourth-order valence-electron chi connectivity index (χ4n) is 2.06. The second-order valence-electron chi connectivity index (χ2n) is 4.66. The van der Waals surface area contributed by atoms with E-state index in [0.717, 1.165) is 32.4 Å². The van der Waals surface area contributed by atoms with Gasteiger partial charge in [-0.2, -0.15) is 0 Å². The first-order chi connectivity index (χ1) is 9.24. The zero-order valence-corrected chi connectivity index (χ0v) is 13.2. The Morgan fingerprint density at radius 3 is 1.52 bits per heavy atom. The van der Waals surface area contributed by atoms with Gasteiger partial charge in [0.25, 0.3) is 0 Å². The molecule has 0 amide bonds. The van der Waals surface area contributed by atoms with Crippen molar-refractivity contribution in [2.45, 2.75) is 32.4 Å². The van der Waals surface area contributed by atoms with Gasteiger partial charge in [-0.15, -0.1) is 0 Å². The molecule has 21 heavy (non-hydrogen) atoms. The predicted octanol–water partition coefficient (Wildman–Crippen LogP) is -4.45. The first-order valence-corrected chi connectivity index (χ1v) is 6.60. The van der Waals surface area contributed by atoms with E-state index in [1.165, 1.54) is 0 Å². The molecular formula is C15H20Cl2N2O2. The fraction of sp³-hybridized carbons (Fsp3) is 0.333. The third-order valence-electron chi connectivity index (χ3n) is 3.02. The molecule has 0 aliphatic carbocycles. The van der Waals surface area contributed by atoms with Crippen LogP contribution in [0, 0.1) is 0 Å². The van der Waals surface area contributed by atoms with E-state index in [2.05, 4.69) is 0 Å². The van der Waals surface area contributed by atoms with Crippen molar-refractivity contribution in [3.8, 4) is 11.5 Å². The minimum absolute atomic E-state index is 0. The summed E-state index contributed by atoms with van der Waals surface area (Å²) < 4.78 is 3.99. The zero-order valence-electron chi connectivity index (χ0n) is 11.7. The van der Waals surface area contributed by atoms with Crippen LogP contribution in [0.4, 0.5) is 0 Å². The number of halogens is 2. The van der Waals surface area contributed by atoms with Crippen LogP contribution in [0.25, 0.3) is 0 Å². The smallest absolute Gasteiger partial charge is 0.210 e. The Hall–Kier alpha value is -1.52. The van der Waals surface area contributed by atoms with E-state index >= 15 is 0 Å². The van der Waals surface area contributed by atoms with Gasteiger partial charge in [-0.1, -0.05) is 0 Å². The quantitative estimate of drug-likeness (QED) is 0.415. The first kappa shape index (κ1) is 19.5. The van der Waals surface area contributed by atoms with Crippen molar-refractivity contribution in [2.24, 2.45) is 0 Å². The number of hydrogen-bond donors (Lipinski definition) is 2. The van der Waals surface area contributed by atoms with Gasteiger partial charge in [0, 0.05) is 25.0 Å². The summed E-state index contributed by atoms with van der Waals surface area (Å²) in [6.45, 7) is 1.83. The highest BCUT2D eigenvalue weighted by atomic mass is 35.5. The molecule has 0 aliphatic heterocycles. The molecule has 0 spiro atoms. The van der Waals surface area contributed by atoms with Crippen molar-refractivity contribution in [1.29, 1.82) is 0 Å². The lowest BCUT2D eigenvalue weighted by atomic mass is 10.2. The molecule has 0 bridgehead atoms. The number of rotatable bonds is 6. The van der Waals surface area contributed by atoms with Gasteiger partial charge < -0.3 is 35.0 Å². The van der Waals surface area contributed by atoms with E-state index in [1.54, 1.807) is 24.5 Å². The number of unbranched alkanes of at least 4 members (excludes halogenated alkanes) is 2. The lowest BCUT2D eigenvalue weighted by Gasteiger charge is -1.98. The molecule has 0 unspecified atom stereocenters. The minimum atomic E-state index is 0. The Kier molecular flexibility index (Phi) is 9.50. The Balaban J connectivity index is 0.00000200. The van der Waals surface area contributed by atoms with Gasteiger partial charge in [-0.25, -0.2) is 9.13 Å². The highest BCUT2D eigenvalue weighted by Gasteiger charge is 2.04. The Labute approximate surface area is 137 Å². The molecule has 0 aromatic carbocycles. The second kappa shape index (κ2) is 10.2. The van der Waals surface area contributed by atoms with Crippen molar-refractivity contribution < 1.29 is 44.2 Å². The van der Waals surface area contributed by atoms with Crippen molar-refractivity contribution in [1.82, 2.24) is 0 Å². The zero-order chi connectivity index (χ0) is 13.5. The Bertz CT molecular complexity index is 491. The molecule has 2 heterocycles. The molecule has 4 nitrogen and oxygen atoms in total. The highest BCUT2D eigenvalue weighted by Crippen LogP contribution is 2.03. The van der Waals surface area contributed by atoms with Crippen LogP contribution in [0.2, 0.25) is 0 Å². The summed E-state index contributed by atoms with van der Waals surface area (Å²) in [7, 11) is 0. The summed E-state index contributed by atoms with van der Waals surface area (Å²) >= 11 is 0. The number of pyridine rings is 2. The van der Waals surface area contributed by atoms with Crippen LogP contribution < -0.4 is 33.9 Å². The third kappa shape index (κ3) is 7.16. The van der Waals surface area contributed by atoms with Gasteiger partial charge in [0.2, 0.25) is 12.4 Å². The molecule has 0 saturated carbocycles. The second-order valence-corrected chi connectivity index (χ2v) is 4.66. The van der Waals surface area contributed by atoms with Crippen LogP contribution in [0.1, 0.15) is 19.3 Å². The normalized spacial score (nSPS) is 9.52. The number of hydrogen-bond acceptors (Lipinski definition) is 2. The monoisotopic (exact) mass is 330 g/mol. The van der Waals surface area contributed by atoms with E-state index in [1.807, 2.05) is 33.7 Å². The number of aromatic nitrogens is 2. The van der Waals surface area contributed by atoms with E-state index in [-0.39, 0.29) is 24.8 Å². The largest absolute Gasteiger partial charge is 1.00 e. The standard InChI is InChI=1S/C15H18N2O2.2ClH/c18-14-6-4-10-16(12-14)8-2-1-3-9-17-11-5-7-15(19)13-17;;/h4-7,10-13H,1-3,8-9H2;2*1H. The maximum Gasteiger partial charge on any atom is 0.210 e. The summed E-state index contributed by atoms with van der Waals surface area (Å²) in [5, 5.41) is 18.7. The van der Waals surface area contributed by atoms with Gasteiger partial charge in [0.15, 0.2) is 23.9 Å². The molecule has 0 fully saturated rings. The summed E-state index contributed by atoms with van der Waals surface area (Å²) in [5.41, 5.74) is 0. The van der Waals surface area contributed by atoms with Crippen molar-refractivity contribution in [2.75, 3.05) is 0 Å². The van der Waals surface area contributed by atoms with Gasteiger partial charge in [-0.05, 0) is 18.6 Å². The topological polar surface area (TPSA) is 48.2 Å². The molecule has 2 aromatic rings. The summed E-state index contributed by atoms with van der Waals surface area (Å²) in [6, 6.07) is 7.04. The minimum Gasteiger partial charge on any atom is -1.00 e. The maximum absolute atomic E-state index is 9.34. The van der Waals surface area contributed by atoms with Crippen molar-refractivity contribution in [3.63, 3.8) is 0 Å². The van der Waals surface area contributed by atoms with Gasteiger partial charge in [0.05, 0.1) is 0 Å². The molecule has 0 aliphatic rings. The van der Waals surface area contributed by atoms with Crippen LogP contribution in [0.5, 0.6) is 11.5 Å². The van der Waals surface area contributed by atoms with Gasteiger partial charge >= 0.3 is 0 Å². The maximum atomic E-state index is 9.34. The molecule has 2 aromatic heterocycles. The Morgan fingerprint density at radius 1 is 0.714 bits per heavy atom. The number of aromatic hydroxyl groups is 2. The first-order valence-electron chi connectivity index (χ1n) is 6.60. The number of aryl methyl sites for hydroxylation is 2. The van der Waals surface area contributed by atoms with Crippen LogP contribution in [0.3, 0.4) is 0 Å².